The van der Waals surface area contributed by atoms with Gasteiger partial charge in [-0.2, -0.15) is 0 Å². The van der Waals surface area contributed by atoms with Crippen LogP contribution in [-0.2, 0) is 0 Å². The summed E-state index contributed by atoms with van der Waals surface area (Å²) in [5, 5.41) is -0.934. The molecule has 2 rings (SSSR count). The Morgan fingerprint density at radius 3 is 2.29 bits per heavy atom. The van der Waals surface area contributed by atoms with Crippen LogP contribution in [0.4, 0.5) is 13.2 Å². The first-order valence-electron chi connectivity index (χ1n) is 6.43. The fourth-order valence-corrected chi connectivity index (χ4v) is 2.23. The highest BCUT2D eigenvalue weighted by atomic mass is 35.5. The Hall–Kier alpha value is -1.68. The maximum Gasteiger partial charge on any atom is 0.161 e. The Labute approximate surface area is 126 Å². The lowest BCUT2D eigenvalue weighted by Gasteiger charge is -2.15. The monoisotopic (exact) mass is 314 g/mol. The van der Waals surface area contributed by atoms with Crippen LogP contribution >= 0.6 is 11.6 Å². The lowest BCUT2D eigenvalue weighted by molar-refractivity contribution is 0.242. The zero-order valence-corrected chi connectivity index (χ0v) is 12.3. The van der Waals surface area contributed by atoms with E-state index < -0.39 is 22.8 Å². The summed E-state index contributed by atoms with van der Waals surface area (Å²) in [7, 11) is 0. The number of hydrogen-bond donors (Lipinski definition) is 0. The van der Waals surface area contributed by atoms with Crippen molar-refractivity contribution in [2.45, 2.75) is 25.3 Å². The van der Waals surface area contributed by atoms with Crippen LogP contribution in [0.25, 0.3) is 0 Å². The minimum atomic E-state index is -1.24. The molecule has 1 nitrogen and oxygen atoms in total. The van der Waals surface area contributed by atoms with E-state index in [0.29, 0.717) is 17.4 Å². The third kappa shape index (κ3) is 3.70. The van der Waals surface area contributed by atoms with E-state index in [9.17, 15) is 13.2 Å². The van der Waals surface area contributed by atoms with Crippen molar-refractivity contribution in [1.29, 1.82) is 0 Å². The predicted molar refractivity (Wildman–Crippen MR) is 76.2 cm³/mol. The van der Waals surface area contributed by atoms with Gasteiger partial charge in [0.25, 0.3) is 0 Å². The maximum atomic E-state index is 13.8. The normalized spacial score (nSPS) is 12.5. The Morgan fingerprint density at radius 2 is 1.62 bits per heavy atom. The second-order valence-electron chi connectivity index (χ2n) is 4.89. The third-order valence-corrected chi connectivity index (χ3v) is 3.32. The largest absolute Gasteiger partial charge is 0.491 e. The van der Waals surface area contributed by atoms with Gasteiger partial charge in [-0.05, 0) is 37.6 Å². The van der Waals surface area contributed by atoms with Crippen LogP contribution < -0.4 is 4.74 Å². The number of hydrogen-bond acceptors (Lipinski definition) is 1. The average Bonchev–Trinajstić information content (AvgIpc) is 2.41. The summed E-state index contributed by atoms with van der Waals surface area (Å²) in [5.74, 6) is -2.68. The van der Waals surface area contributed by atoms with Crippen LogP contribution in [0.1, 0.15) is 30.4 Å². The SMILES string of the molecule is CC(C)Oc1cccc(C(Cl)c2cc(F)c(F)cc2F)c1. The average molecular weight is 315 g/mol. The maximum absolute atomic E-state index is 13.8. The molecule has 2 aromatic rings. The molecule has 0 heterocycles. The summed E-state index contributed by atoms with van der Waals surface area (Å²) in [6.07, 6.45) is -0.0194. The third-order valence-electron chi connectivity index (χ3n) is 2.84. The number of ether oxygens (including phenoxy) is 1. The Morgan fingerprint density at radius 1 is 0.952 bits per heavy atom. The van der Waals surface area contributed by atoms with Crippen LogP contribution in [0, 0.1) is 17.5 Å². The summed E-state index contributed by atoms with van der Waals surface area (Å²) < 4.78 is 45.5. The van der Waals surface area contributed by atoms with Gasteiger partial charge in [0.1, 0.15) is 11.6 Å². The van der Waals surface area contributed by atoms with Gasteiger partial charge in [-0.15, -0.1) is 11.6 Å². The molecule has 21 heavy (non-hydrogen) atoms. The zero-order valence-electron chi connectivity index (χ0n) is 11.5. The summed E-state index contributed by atoms with van der Waals surface area (Å²) in [5.41, 5.74) is 0.428. The number of benzene rings is 2. The molecular weight excluding hydrogens is 301 g/mol. The van der Waals surface area contributed by atoms with Crippen LogP contribution in [0.3, 0.4) is 0 Å². The van der Waals surface area contributed by atoms with E-state index in [0.717, 1.165) is 6.07 Å². The number of rotatable bonds is 4. The molecule has 0 aliphatic carbocycles. The van der Waals surface area contributed by atoms with Crippen molar-refractivity contribution in [2.75, 3.05) is 0 Å². The molecule has 0 amide bonds. The molecule has 0 aliphatic rings. The Bertz CT molecular complexity index is 643. The highest BCUT2D eigenvalue weighted by Crippen LogP contribution is 2.33. The molecule has 0 saturated heterocycles. The van der Waals surface area contributed by atoms with Crippen molar-refractivity contribution in [2.24, 2.45) is 0 Å². The summed E-state index contributed by atoms with van der Waals surface area (Å²) in [4.78, 5) is 0. The highest BCUT2D eigenvalue weighted by Gasteiger charge is 2.19. The van der Waals surface area contributed by atoms with Crippen molar-refractivity contribution in [3.8, 4) is 5.75 Å². The van der Waals surface area contributed by atoms with Gasteiger partial charge in [-0.1, -0.05) is 12.1 Å². The van der Waals surface area contributed by atoms with E-state index in [4.69, 9.17) is 16.3 Å². The van der Waals surface area contributed by atoms with Crippen molar-refractivity contribution in [1.82, 2.24) is 0 Å². The van der Waals surface area contributed by atoms with Crippen molar-refractivity contribution >= 4 is 11.6 Å². The van der Waals surface area contributed by atoms with Gasteiger partial charge >= 0.3 is 0 Å². The second-order valence-corrected chi connectivity index (χ2v) is 5.33. The summed E-state index contributed by atoms with van der Waals surface area (Å²) >= 11 is 6.19. The van der Waals surface area contributed by atoms with E-state index >= 15 is 0 Å². The van der Waals surface area contributed by atoms with E-state index in [-0.39, 0.29) is 11.7 Å². The van der Waals surface area contributed by atoms with Gasteiger partial charge in [-0.25, -0.2) is 13.2 Å². The Kier molecular flexibility index (Phi) is 4.78. The molecular formula is C16H14ClF3O. The standard InChI is InChI=1S/C16H14ClF3O/c1-9(2)21-11-5-3-4-10(6-11)16(17)12-7-14(19)15(20)8-13(12)18/h3-9,16H,1-2H3. The van der Waals surface area contributed by atoms with Gasteiger partial charge in [0.15, 0.2) is 11.6 Å². The first-order chi connectivity index (χ1) is 9.88. The van der Waals surface area contributed by atoms with Gasteiger partial charge in [0.05, 0.1) is 11.5 Å². The highest BCUT2D eigenvalue weighted by molar-refractivity contribution is 6.22. The molecule has 0 fully saturated rings. The van der Waals surface area contributed by atoms with Gasteiger partial charge in [0.2, 0.25) is 0 Å². The smallest absolute Gasteiger partial charge is 0.161 e. The fraction of sp³-hybridized carbons (Fsp3) is 0.250. The van der Waals surface area contributed by atoms with E-state index in [1.165, 1.54) is 0 Å². The molecule has 2 aromatic carbocycles. The summed E-state index contributed by atoms with van der Waals surface area (Å²) in [6, 6.07) is 8.05. The van der Waals surface area contributed by atoms with Crippen molar-refractivity contribution in [3.05, 3.63) is 65.0 Å². The molecule has 0 bridgehead atoms. The van der Waals surface area contributed by atoms with Gasteiger partial charge in [0, 0.05) is 11.6 Å². The van der Waals surface area contributed by atoms with Crippen LogP contribution in [0.2, 0.25) is 0 Å². The van der Waals surface area contributed by atoms with Crippen LogP contribution in [0.15, 0.2) is 36.4 Å². The van der Waals surface area contributed by atoms with Crippen LogP contribution in [0.5, 0.6) is 5.75 Å². The first kappa shape index (κ1) is 15.7. The fourth-order valence-electron chi connectivity index (χ4n) is 1.93. The lowest BCUT2D eigenvalue weighted by atomic mass is 10.0. The molecule has 1 unspecified atom stereocenters. The van der Waals surface area contributed by atoms with E-state index in [1.807, 2.05) is 13.8 Å². The molecule has 0 N–H and O–H groups in total. The van der Waals surface area contributed by atoms with Crippen LogP contribution in [-0.4, -0.2) is 6.10 Å². The topological polar surface area (TPSA) is 9.23 Å². The van der Waals surface area contributed by atoms with Crippen molar-refractivity contribution < 1.29 is 17.9 Å². The van der Waals surface area contributed by atoms with Gasteiger partial charge in [-0.3, -0.25) is 0 Å². The molecule has 0 aromatic heterocycles. The zero-order chi connectivity index (χ0) is 15.6. The first-order valence-corrected chi connectivity index (χ1v) is 6.87. The molecule has 0 aliphatic heterocycles. The predicted octanol–water partition coefficient (Wildman–Crippen LogP) is 5.22. The second kappa shape index (κ2) is 6.39. The molecule has 0 saturated carbocycles. The van der Waals surface area contributed by atoms with Crippen molar-refractivity contribution in [3.63, 3.8) is 0 Å². The Balaban J connectivity index is 2.36. The molecule has 5 heteroatoms. The summed E-state index contributed by atoms with van der Waals surface area (Å²) in [6.45, 7) is 3.75. The molecule has 0 spiro atoms. The van der Waals surface area contributed by atoms with Gasteiger partial charge < -0.3 is 4.74 Å². The molecule has 1 atom stereocenters. The quantitative estimate of drug-likeness (QED) is 0.555. The minimum absolute atomic E-state index is 0.0194. The van der Waals surface area contributed by atoms with E-state index in [2.05, 4.69) is 0 Å². The molecule has 0 radical (unpaired) electrons. The molecule has 112 valence electrons. The minimum Gasteiger partial charge on any atom is -0.491 e. The number of halogens is 4. The number of alkyl halides is 1. The van der Waals surface area contributed by atoms with E-state index in [1.54, 1.807) is 24.3 Å². The lowest BCUT2D eigenvalue weighted by Crippen LogP contribution is -2.06.